The van der Waals surface area contributed by atoms with Crippen LogP contribution >= 0.6 is 0 Å². The highest BCUT2D eigenvalue weighted by Gasteiger charge is 2.43. The molecular weight excluding hydrogens is 599 g/mol. The van der Waals surface area contributed by atoms with Gasteiger partial charge in [-0.15, -0.1) is 0 Å². The zero-order valence-electron chi connectivity index (χ0n) is 23.7. The minimum atomic E-state index is -5.17. The quantitative estimate of drug-likeness (QED) is 0.318. The first kappa shape index (κ1) is 33.8. The van der Waals surface area contributed by atoms with Crippen LogP contribution in [0.25, 0.3) is 0 Å². The summed E-state index contributed by atoms with van der Waals surface area (Å²) in [5.41, 5.74) is -5.78. The number of benzene rings is 2. The number of hydrogen-bond acceptors (Lipinski definition) is 4. The highest BCUT2D eigenvalue weighted by molar-refractivity contribution is 5.90. The van der Waals surface area contributed by atoms with Crippen molar-refractivity contribution in [2.24, 2.45) is 5.41 Å². The number of methoxy groups -OCH3 is 1. The summed E-state index contributed by atoms with van der Waals surface area (Å²) in [5.74, 6) is 0. The third-order valence-corrected chi connectivity index (χ3v) is 6.59. The standard InChI is InChI=1S/C28H29F9N2O4/c1-15-8-22(20-12-17(26(29,30)31)6-7-21(20)39(15)24(41)43-14-25(2,3)4)38(23(40)42-5)13-16-9-18(27(32,33)34)11-19(10-16)28(35,36)37/h6-7,9-12,15,22H,8,13-14H2,1-5H3/t15-,22+/m0/s1. The molecule has 0 aliphatic carbocycles. The molecule has 1 aliphatic rings. The van der Waals surface area contributed by atoms with Gasteiger partial charge >= 0.3 is 30.7 Å². The third-order valence-electron chi connectivity index (χ3n) is 6.59. The van der Waals surface area contributed by atoms with Crippen molar-refractivity contribution in [1.29, 1.82) is 0 Å². The van der Waals surface area contributed by atoms with Gasteiger partial charge in [0.05, 0.1) is 42.1 Å². The zero-order valence-corrected chi connectivity index (χ0v) is 23.7. The minimum absolute atomic E-state index is 0.0418. The largest absolute Gasteiger partial charge is 0.453 e. The lowest BCUT2D eigenvalue weighted by molar-refractivity contribution is -0.143. The predicted molar refractivity (Wildman–Crippen MR) is 136 cm³/mol. The Kier molecular flexibility index (Phi) is 9.28. The van der Waals surface area contributed by atoms with Crippen LogP contribution in [-0.2, 0) is 34.5 Å². The van der Waals surface area contributed by atoms with E-state index in [0.29, 0.717) is 24.3 Å². The van der Waals surface area contributed by atoms with Gasteiger partial charge in [-0.3, -0.25) is 9.80 Å². The predicted octanol–water partition coefficient (Wildman–Crippen LogP) is 8.83. The van der Waals surface area contributed by atoms with E-state index in [1.165, 1.54) is 6.92 Å². The summed E-state index contributed by atoms with van der Waals surface area (Å²) < 4.78 is 132. The number of halogens is 9. The Bertz CT molecular complexity index is 1320. The van der Waals surface area contributed by atoms with E-state index in [-0.39, 0.29) is 30.3 Å². The first-order valence-corrected chi connectivity index (χ1v) is 12.8. The molecule has 238 valence electrons. The summed E-state index contributed by atoms with van der Waals surface area (Å²) in [6.07, 6.45) is -17.6. The van der Waals surface area contributed by atoms with E-state index in [4.69, 9.17) is 9.47 Å². The van der Waals surface area contributed by atoms with Crippen molar-refractivity contribution in [3.05, 3.63) is 64.2 Å². The van der Waals surface area contributed by atoms with E-state index in [0.717, 1.165) is 23.0 Å². The van der Waals surface area contributed by atoms with Gasteiger partial charge in [-0.25, -0.2) is 9.59 Å². The maximum Gasteiger partial charge on any atom is 0.416 e. The van der Waals surface area contributed by atoms with Gasteiger partial charge in [-0.1, -0.05) is 20.8 Å². The SMILES string of the molecule is COC(=O)N(Cc1cc(C(F)(F)F)cc(C(F)(F)F)c1)[C@@H]1C[C@H](C)N(C(=O)OCC(C)(C)C)c2ccc(C(F)(F)F)cc21. The van der Waals surface area contributed by atoms with Gasteiger partial charge in [0.1, 0.15) is 0 Å². The van der Waals surface area contributed by atoms with Gasteiger partial charge < -0.3 is 9.47 Å². The van der Waals surface area contributed by atoms with Crippen LogP contribution in [0.3, 0.4) is 0 Å². The molecule has 2 aromatic rings. The van der Waals surface area contributed by atoms with Crippen LogP contribution in [0.15, 0.2) is 36.4 Å². The molecular formula is C28H29F9N2O4. The molecule has 0 aromatic heterocycles. The summed E-state index contributed by atoms with van der Waals surface area (Å²) in [6, 6.07) is 0.960. The summed E-state index contributed by atoms with van der Waals surface area (Å²) in [4.78, 5) is 27.9. The molecule has 0 fully saturated rings. The van der Waals surface area contributed by atoms with Crippen molar-refractivity contribution >= 4 is 17.9 Å². The molecule has 0 radical (unpaired) electrons. The second-order valence-electron chi connectivity index (χ2n) is 11.4. The lowest BCUT2D eigenvalue weighted by atomic mass is 9.89. The van der Waals surface area contributed by atoms with Gasteiger partial charge in [0.25, 0.3) is 0 Å². The fourth-order valence-electron chi connectivity index (χ4n) is 4.66. The van der Waals surface area contributed by atoms with Gasteiger partial charge in [-0.2, -0.15) is 39.5 Å². The molecule has 2 atom stereocenters. The molecule has 6 nitrogen and oxygen atoms in total. The number of alkyl halides is 9. The Morgan fingerprint density at radius 1 is 0.860 bits per heavy atom. The normalized spacial score (nSPS) is 17.8. The zero-order chi connectivity index (χ0) is 32.7. The molecule has 0 N–H and O–H groups in total. The lowest BCUT2D eigenvalue weighted by Gasteiger charge is -2.43. The molecule has 1 heterocycles. The summed E-state index contributed by atoms with van der Waals surface area (Å²) >= 11 is 0. The van der Waals surface area contributed by atoms with Crippen molar-refractivity contribution in [2.75, 3.05) is 18.6 Å². The minimum Gasteiger partial charge on any atom is -0.453 e. The number of rotatable bonds is 4. The van der Waals surface area contributed by atoms with Crippen molar-refractivity contribution in [2.45, 2.75) is 71.3 Å². The smallest absolute Gasteiger partial charge is 0.416 e. The maximum atomic E-state index is 13.7. The Balaban J connectivity index is 2.17. The van der Waals surface area contributed by atoms with Gasteiger partial charge in [-0.05, 0) is 66.3 Å². The van der Waals surface area contributed by atoms with E-state index >= 15 is 0 Å². The number of anilines is 1. The molecule has 15 heteroatoms. The van der Waals surface area contributed by atoms with Crippen LogP contribution in [0.1, 0.15) is 68.0 Å². The van der Waals surface area contributed by atoms with Crippen LogP contribution in [0.4, 0.5) is 54.8 Å². The molecule has 3 rings (SSSR count). The Labute approximate surface area is 241 Å². The molecule has 43 heavy (non-hydrogen) atoms. The molecule has 2 aromatic carbocycles. The van der Waals surface area contributed by atoms with Crippen molar-refractivity contribution in [3.63, 3.8) is 0 Å². The number of hydrogen-bond donors (Lipinski definition) is 0. The molecule has 0 bridgehead atoms. The van der Waals surface area contributed by atoms with Gasteiger partial charge in [0.2, 0.25) is 0 Å². The lowest BCUT2D eigenvalue weighted by Crippen LogP contribution is -2.48. The highest BCUT2D eigenvalue weighted by atomic mass is 19.4. The Morgan fingerprint density at radius 3 is 1.86 bits per heavy atom. The molecule has 0 unspecified atom stereocenters. The first-order valence-electron chi connectivity index (χ1n) is 12.8. The van der Waals surface area contributed by atoms with E-state index < -0.39 is 77.0 Å². The Morgan fingerprint density at radius 2 is 1.40 bits per heavy atom. The number of carbonyl (C=O) groups excluding carboxylic acids is 2. The van der Waals surface area contributed by atoms with Crippen molar-refractivity contribution in [1.82, 2.24) is 4.90 Å². The molecule has 1 aliphatic heterocycles. The second-order valence-corrected chi connectivity index (χ2v) is 11.4. The van der Waals surface area contributed by atoms with Crippen LogP contribution in [0.5, 0.6) is 0 Å². The fourth-order valence-corrected chi connectivity index (χ4v) is 4.66. The van der Waals surface area contributed by atoms with Crippen LogP contribution in [0.2, 0.25) is 0 Å². The second kappa shape index (κ2) is 11.8. The van der Waals surface area contributed by atoms with Gasteiger partial charge in [0.15, 0.2) is 0 Å². The van der Waals surface area contributed by atoms with Crippen molar-refractivity contribution < 1.29 is 58.6 Å². The molecule has 2 amide bonds. The van der Waals surface area contributed by atoms with E-state index in [2.05, 4.69) is 0 Å². The van der Waals surface area contributed by atoms with E-state index in [1.54, 1.807) is 20.8 Å². The number of nitrogens with zero attached hydrogens (tertiary/aromatic N) is 2. The number of fused-ring (bicyclic) bond motifs is 1. The summed E-state index contributed by atoms with van der Waals surface area (Å²) in [5, 5.41) is 0. The number of ether oxygens (including phenoxy) is 2. The summed E-state index contributed by atoms with van der Waals surface area (Å²) in [7, 11) is 0.901. The topological polar surface area (TPSA) is 59.1 Å². The average Bonchev–Trinajstić information content (AvgIpc) is 2.87. The molecule has 0 saturated carbocycles. The summed E-state index contributed by atoms with van der Waals surface area (Å²) in [6.45, 7) is 5.93. The van der Waals surface area contributed by atoms with Gasteiger partial charge in [0, 0.05) is 12.6 Å². The molecule has 0 saturated heterocycles. The van der Waals surface area contributed by atoms with Crippen LogP contribution in [-0.4, -0.2) is 36.8 Å². The highest BCUT2D eigenvalue weighted by Crippen LogP contribution is 2.45. The average molecular weight is 629 g/mol. The fraction of sp³-hybridized carbons (Fsp3) is 0.500. The number of amides is 2. The Hall–Kier alpha value is -3.65. The van der Waals surface area contributed by atoms with Crippen molar-refractivity contribution in [3.8, 4) is 0 Å². The third kappa shape index (κ3) is 8.05. The van der Waals surface area contributed by atoms with Crippen LogP contribution in [0, 0.1) is 5.41 Å². The first-order chi connectivity index (χ1) is 19.5. The monoisotopic (exact) mass is 628 g/mol. The van der Waals surface area contributed by atoms with Crippen LogP contribution < -0.4 is 4.90 Å². The number of carbonyl (C=O) groups is 2. The molecule has 0 spiro atoms. The maximum absolute atomic E-state index is 13.7. The van der Waals surface area contributed by atoms with E-state index in [1.807, 2.05) is 0 Å². The van der Waals surface area contributed by atoms with E-state index in [9.17, 15) is 49.1 Å².